The van der Waals surface area contributed by atoms with Crippen LogP contribution in [0.2, 0.25) is 0 Å². The summed E-state index contributed by atoms with van der Waals surface area (Å²) in [5.74, 6) is 3.11. The Morgan fingerprint density at radius 3 is 2.95 bits per heavy atom. The molecule has 1 aliphatic heterocycles. The van der Waals surface area contributed by atoms with Crippen LogP contribution in [0.5, 0.6) is 0 Å². The van der Waals surface area contributed by atoms with E-state index in [9.17, 15) is 9.59 Å². The zero-order valence-electron chi connectivity index (χ0n) is 12.7. The highest BCUT2D eigenvalue weighted by Gasteiger charge is 2.20. The van der Waals surface area contributed by atoms with E-state index in [1.165, 1.54) is 6.20 Å². The smallest absolute Gasteiger partial charge is 0.253 e. The van der Waals surface area contributed by atoms with E-state index in [1.54, 1.807) is 12.1 Å². The van der Waals surface area contributed by atoms with Crippen LogP contribution in [0.1, 0.15) is 23.2 Å². The predicted molar refractivity (Wildman–Crippen MR) is 84.5 cm³/mol. The topological polar surface area (TPSA) is 65.5 Å². The fourth-order valence-electron chi connectivity index (χ4n) is 2.31. The van der Waals surface area contributed by atoms with Crippen LogP contribution in [0, 0.1) is 12.3 Å². The SMILES string of the molecule is C#CCNC(=O)c1ccc(N(C)CCN2CCCC2=O)nc1. The lowest BCUT2D eigenvalue weighted by Crippen LogP contribution is -2.34. The normalized spacial score (nSPS) is 13.8. The number of nitrogens with zero attached hydrogens (tertiary/aromatic N) is 3. The molecule has 6 heteroatoms. The Bertz CT molecular complexity index is 577. The number of carbonyl (C=O) groups excluding carboxylic acids is 2. The fourth-order valence-corrected chi connectivity index (χ4v) is 2.31. The van der Waals surface area contributed by atoms with Crippen molar-refractivity contribution in [2.24, 2.45) is 0 Å². The van der Waals surface area contributed by atoms with E-state index < -0.39 is 0 Å². The number of terminal acetylenes is 1. The molecule has 1 saturated heterocycles. The summed E-state index contributed by atoms with van der Waals surface area (Å²) in [7, 11) is 1.92. The van der Waals surface area contributed by atoms with Gasteiger partial charge in [0.15, 0.2) is 0 Å². The second-order valence-electron chi connectivity index (χ2n) is 5.20. The van der Waals surface area contributed by atoms with Gasteiger partial charge in [-0.25, -0.2) is 4.98 Å². The Balaban J connectivity index is 1.88. The highest BCUT2D eigenvalue weighted by Crippen LogP contribution is 2.12. The number of likely N-dealkylation sites (tertiary alicyclic amines) is 1. The summed E-state index contributed by atoms with van der Waals surface area (Å²) in [6, 6.07) is 3.50. The average molecular weight is 300 g/mol. The maximum atomic E-state index is 11.7. The monoisotopic (exact) mass is 300 g/mol. The first kappa shape index (κ1) is 15.8. The molecule has 2 amide bonds. The predicted octanol–water partition coefficient (Wildman–Crippen LogP) is 0.503. The number of hydrogen-bond acceptors (Lipinski definition) is 4. The maximum absolute atomic E-state index is 11.7. The molecule has 116 valence electrons. The van der Waals surface area contributed by atoms with E-state index in [4.69, 9.17) is 6.42 Å². The molecule has 1 fully saturated rings. The molecule has 2 rings (SSSR count). The maximum Gasteiger partial charge on any atom is 0.253 e. The number of aromatic nitrogens is 1. The molecule has 22 heavy (non-hydrogen) atoms. The Labute approximate surface area is 130 Å². The first-order valence-corrected chi connectivity index (χ1v) is 7.28. The second-order valence-corrected chi connectivity index (χ2v) is 5.20. The van der Waals surface area contributed by atoms with Crippen molar-refractivity contribution in [1.82, 2.24) is 15.2 Å². The van der Waals surface area contributed by atoms with Gasteiger partial charge in [0.1, 0.15) is 5.82 Å². The molecule has 2 heterocycles. The minimum Gasteiger partial charge on any atom is -0.358 e. The zero-order valence-corrected chi connectivity index (χ0v) is 12.7. The Morgan fingerprint density at radius 2 is 2.36 bits per heavy atom. The van der Waals surface area contributed by atoms with E-state index >= 15 is 0 Å². The summed E-state index contributed by atoms with van der Waals surface area (Å²) < 4.78 is 0. The lowest BCUT2D eigenvalue weighted by atomic mass is 10.2. The van der Waals surface area contributed by atoms with Gasteiger partial charge in [-0.1, -0.05) is 5.92 Å². The first-order chi connectivity index (χ1) is 10.6. The third-order valence-electron chi connectivity index (χ3n) is 3.63. The molecular formula is C16H20N4O2. The van der Waals surface area contributed by atoms with Crippen LogP contribution in [0.25, 0.3) is 0 Å². The molecule has 0 aromatic carbocycles. The number of amides is 2. The molecule has 0 aliphatic carbocycles. The van der Waals surface area contributed by atoms with Gasteiger partial charge in [0.25, 0.3) is 5.91 Å². The summed E-state index contributed by atoms with van der Waals surface area (Å²) in [5.41, 5.74) is 0.474. The highest BCUT2D eigenvalue weighted by atomic mass is 16.2. The van der Waals surface area contributed by atoms with Crippen molar-refractivity contribution >= 4 is 17.6 Å². The first-order valence-electron chi connectivity index (χ1n) is 7.28. The van der Waals surface area contributed by atoms with E-state index in [0.717, 1.165) is 18.8 Å². The number of pyridine rings is 1. The van der Waals surface area contributed by atoms with E-state index in [1.807, 2.05) is 16.8 Å². The molecule has 0 bridgehead atoms. The molecule has 0 radical (unpaired) electrons. The summed E-state index contributed by atoms with van der Waals surface area (Å²) in [5, 5.41) is 2.59. The largest absolute Gasteiger partial charge is 0.358 e. The van der Waals surface area contributed by atoms with Crippen molar-refractivity contribution in [3.8, 4) is 12.3 Å². The molecule has 0 spiro atoms. The van der Waals surface area contributed by atoms with Crippen LogP contribution in [-0.2, 0) is 4.79 Å². The zero-order chi connectivity index (χ0) is 15.9. The Morgan fingerprint density at radius 1 is 1.55 bits per heavy atom. The molecular weight excluding hydrogens is 280 g/mol. The van der Waals surface area contributed by atoms with Gasteiger partial charge >= 0.3 is 0 Å². The van der Waals surface area contributed by atoms with Gasteiger partial charge < -0.3 is 15.1 Å². The van der Waals surface area contributed by atoms with Crippen molar-refractivity contribution in [2.45, 2.75) is 12.8 Å². The van der Waals surface area contributed by atoms with Crippen LogP contribution in [0.3, 0.4) is 0 Å². The summed E-state index contributed by atoms with van der Waals surface area (Å²) in [6.07, 6.45) is 8.23. The van der Waals surface area contributed by atoms with Crippen LogP contribution in [0.4, 0.5) is 5.82 Å². The lowest BCUT2D eigenvalue weighted by Gasteiger charge is -2.22. The number of rotatable bonds is 6. The Kier molecular flexibility index (Phi) is 5.37. The third-order valence-corrected chi connectivity index (χ3v) is 3.63. The van der Waals surface area contributed by atoms with Crippen molar-refractivity contribution in [3.63, 3.8) is 0 Å². The van der Waals surface area contributed by atoms with Crippen LogP contribution < -0.4 is 10.2 Å². The van der Waals surface area contributed by atoms with Gasteiger partial charge in [0, 0.05) is 39.3 Å². The number of anilines is 1. The minimum absolute atomic E-state index is 0.199. The minimum atomic E-state index is -0.234. The standard InChI is InChI=1S/C16H20N4O2/c1-3-8-17-16(22)13-6-7-14(18-12-13)19(2)10-11-20-9-4-5-15(20)21/h1,6-7,12H,4-5,8-11H2,2H3,(H,17,22). The van der Waals surface area contributed by atoms with Gasteiger partial charge in [-0.3, -0.25) is 9.59 Å². The molecule has 0 atom stereocenters. The van der Waals surface area contributed by atoms with E-state index in [0.29, 0.717) is 25.1 Å². The molecule has 1 aromatic heterocycles. The van der Waals surface area contributed by atoms with Crippen LogP contribution in [-0.4, -0.2) is 54.9 Å². The lowest BCUT2D eigenvalue weighted by molar-refractivity contribution is -0.127. The number of nitrogens with one attached hydrogen (secondary N) is 1. The van der Waals surface area contributed by atoms with Crippen LogP contribution >= 0.6 is 0 Å². The van der Waals surface area contributed by atoms with Gasteiger partial charge in [-0.2, -0.15) is 0 Å². The van der Waals surface area contributed by atoms with Crippen molar-refractivity contribution in [2.75, 3.05) is 38.1 Å². The summed E-state index contributed by atoms with van der Waals surface area (Å²) in [6.45, 7) is 2.45. The van der Waals surface area contributed by atoms with E-state index in [-0.39, 0.29) is 18.4 Å². The number of hydrogen-bond donors (Lipinski definition) is 1. The van der Waals surface area contributed by atoms with Gasteiger partial charge in [-0.05, 0) is 18.6 Å². The van der Waals surface area contributed by atoms with Crippen molar-refractivity contribution in [3.05, 3.63) is 23.9 Å². The van der Waals surface area contributed by atoms with E-state index in [2.05, 4.69) is 16.2 Å². The Hall–Kier alpha value is -2.55. The molecule has 1 N–H and O–H groups in total. The van der Waals surface area contributed by atoms with Crippen LogP contribution in [0.15, 0.2) is 18.3 Å². The molecule has 0 unspecified atom stereocenters. The second kappa shape index (κ2) is 7.46. The van der Waals surface area contributed by atoms with Crippen molar-refractivity contribution in [1.29, 1.82) is 0 Å². The van der Waals surface area contributed by atoms with Gasteiger partial charge in [-0.15, -0.1) is 6.42 Å². The molecule has 0 saturated carbocycles. The quantitative estimate of drug-likeness (QED) is 0.777. The molecule has 6 nitrogen and oxygen atoms in total. The number of carbonyl (C=O) groups is 2. The van der Waals surface area contributed by atoms with Crippen molar-refractivity contribution < 1.29 is 9.59 Å². The number of likely N-dealkylation sites (N-methyl/N-ethyl adjacent to an activating group) is 1. The third kappa shape index (κ3) is 3.98. The molecule has 1 aliphatic rings. The average Bonchev–Trinajstić information content (AvgIpc) is 2.95. The highest BCUT2D eigenvalue weighted by molar-refractivity contribution is 5.94. The van der Waals surface area contributed by atoms with Gasteiger partial charge in [0.05, 0.1) is 12.1 Å². The summed E-state index contributed by atoms with van der Waals surface area (Å²) >= 11 is 0. The summed E-state index contributed by atoms with van der Waals surface area (Å²) in [4.78, 5) is 31.4. The molecule has 1 aromatic rings. The van der Waals surface area contributed by atoms with Gasteiger partial charge in [0.2, 0.25) is 5.91 Å². The fraction of sp³-hybridized carbons (Fsp3) is 0.438.